The molecule has 0 aromatic rings. The zero-order valence-corrected chi connectivity index (χ0v) is 10.7. The maximum Gasteiger partial charge on any atom is 0.0702 e. The zero-order chi connectivity index (χ0) is 11.4. The lowest BCUT2D eigenvalue weighted by Crippen LogP contribution is -2.33. The van der Waals surface area contributed by atoms with Crippen molar-refractivity contribution in [2.24, 2.45) is 5.92 Å². The third-order valence-electron chi connectivity index (χ3n) is 3.67. The van der Waals surface area contributed by atoms with Crippen LogP contribution in [0.1, 0.15) is 33.1 Å². The molecule has 3 heteroatoms. The van der Waals surface area contributed by atoms with E-state index in [9.17, 15) is 0 Å². The SMILES string of the molecule is CC(C)NCC1CCN(CC2CCCO2)C1. The minimum Gasteiger partial charge on any atom is -0.377 e. The van der Waals surface area contributed by atoms with Gasteiger partial charge in [0.2, 0.25) is 0 Å². The van der Waals surface area contributed by atoms with E-state index in [-0.39, 0.29) is 0 Å². The van der Waals surface area contributed by atoms with Crippen LogP contribution in [-0.4, -0.2) is 49.8 Å². The van der Waals surface area contributed by atoms with Gasteiger partial charge in [0.1, 0.15) is 0 Å². The molecular weight excluding hydrogens is 200 g/mol. The molecular formula is C13H26N2O. The van der Waals surface area contributed by atoms with Gasteiger partial charge in [-0.2, -0.15) is 0 Å². The van der Waals surface area contributed by atoms with E-state index in [4.69, 9.17) is 4.74 Å². The molecule has 16 heavy (non-hydrogen) atoms. The van der Waals surface area contributed by atoms with Crippen LogP contribution in [0.3, 0.4) is 0 Å². The summed E-state index contributed by atoms with van der Waals surface area (Å²) >= 11 is 0. The van der Waals surface area contributed by atoms with Crippen molar-refractivity contribution in [2.75, 3.05) is 32.8 Å². The van der Waals surface area contributed by atoms with E-state index in [0.717, 1.165) is 19.1 Å². The van der Waals surface area contributed by atoms with E-state index in [1.165, 1.54) is 38.9 Å². The lowest BCUT2D eigenvalue weighted by molar-refractivity contribution is 0.0796. The van der Waals surface area contributed by atoms with Crippen LogP contribution in [0, 0.1) is 5.92 Å². The van der Waals surface area contributed by atoms with Crippen LogP contribution in [0.5, 0.6) is 0 Å². The van der Waals surface area contributed by atoms with E-state index < -0.39 is 0 Å². The quantitative estimate of drug-likeness (QED) is 0.768. The molecule has 0 aromatic carbocycles. The van der Waals surface area contributed by atoms with Crippen LogP contribution in [0.4, 0.5) is 0 Å². The minimum atomic E-state index is 0.525. The maximum atomic E-state index is 5.69. The smallest absolute Gasteiger partial charge is 0.0702 e. The molecule has 0 radical (unpaired) electrons. The Morgan fingerprint density at radius 2 is 2.25 bits per heavy atom. The lowest BCUT2D eigenvalue weighted by atomic mass is 10.1. The van der Waals surface area contributed by atoms with Gasteiger partial charge in [0.25, 0.3) is 0 Å². The summed E-state index contributed by atoms with van der Waals surface area (Å²) in [6.45, 7) is 10.3. The van der Waals surface area contributed by atoms with Gasteiger partial charge in [0.15, 0.2) is 0 Å². The number of nitrogens with zero attached hydrogens (tertiary/aromatic N) is 1. The molecule has 0 saturated carbocycles. The van der Waals surface area contributed by atoms with Gasteiger partial charge in [-0.05, 0) is 38.3 Å². The van der Waals surface area contributed by atoms with Crippen molar-refractivity contribution < 1.29 is 4.74 Å². The van der Waals surface area contributed by atoms with Gasteiger partial charge in [0.05, 0.1) is 6.10 Å². The normalized spacial score (nSPS) is 31.7. The first-order valence-corrected chi connectivity index (χ1v) is 6.81. The Hall–Kier alpha value is -0.120. The third kappa shape index (κ3) is 3.72. The van der Waals surface area contributed by atoms with Gasteiger partial charge in [-0.1, -0.05) is 13.8 Å². The lowest BCUT2D eigenvalue weighted by Gasteiger charge is -2.20. The predicted octanol–water partition coefficient (Wildman–Crippen LogP) is 1.49. The molecule has 2 aliphatic rings. The predicted molar refractivity (Wildman–Crippen MR) is 66.7 cm³/mol. The first-order chi connectivity index (χ1) is 7.74. The summed E-state index contributed by atoms with van der Waals surface area (Å²) in [4.78, 5) is 2.59. The Kier molecular flexibility index (Phi) is 4.62. The minimum absolute atomic E-state index is 0.525. The van der Waals surface area contributed by atoms with Gasteiger partial charge in [-0.3, -0.25) is 0 Å². The summed E-state index contributed by atoms with van der Waals surface area (Å²) in [7, 11) is 0. The largest absolute Gasteiger partial charge is 0.377 e. The maximum absolute atomic E-state index is 5.69. The highest BCUT2D eigenvalue weighted by atomic mass is 16.5. The fourth-order valence-electron chi connectivity index (χ4n) is 2.72. The van der Waals surface area contributed by atoms with E-state index in [1.807, 2.05) is 0 Å². The average Bonchev–Trinajstić information content (AvgIpc) is 2.87. The Bertz CT molecular complexity index is 202. The zero-order valence-electron chi connectivity index (χ0n) is 10.7. The molecule has 2 rings (SSSR count). The Morgan fingerprint density at radius 1 is 1.38 bits per heavy atom. The van der Waals surface area contributed by atoms with Crippen molar-refractivity contribution >= 4 is 0 Å². The van der Waals surface area contributed by atoms with Crippen molar-refractivity contribution in [3.63, 3.8) is 0 Å². The molecule has 2 heterocycles. The molecule has 3 nitrogen and oxygen atoms in total. The van der Waals surface area contributed by atoms with Gasteiger partial charge >= 0.3 is 0 Å². The average molecular weight is 226 g/mol. The molecule has 0 aliphatic carbocycles. The van der Waals surface area contributed by atoms with Crippen LogP contribution in [0.25, 0.3) is 0 Å². The van der Waals surface area contributed by atoms with E-state index >= 15 is 0 Å². The van der Waals surface area contributed by atoms with Crippen LogP contribution >= 0.6 is 0 Å². The number of rotatable bonds is 5. The molecule has 2 saturated heterocycles. The van der Waals surface area contributed by atoms with Crippen LogP contribution < -0.4 is 5.32 Å². The number of nitrogens with one attached hydrogen (secondary N) is 1. The van der Waals surface area contributed by atoms with E-state index in [1.54, 1.807) is 0 Å². The molecule has 2 unspecified atom stereocenters. The second kappa shape index (κ2) is 5.99. The fourth-order valence-corrected chi connectivity index (χ4v) is 2.72. The van der Waals surface area contributed by atoms with Crippen molar-refractivity contribution in [2.45, 2.75) is 45.3 Å². The van der Waals surface area contributed by atoms with Gasteiger partial charge in [-0.25, -0.2) is 0 Å². The summed E-state index contributed by atoms with van der Waals surface area (Å²) in [6.07, 6.45) is 4.41. The van der Waals surface area contributed by atoms with Crippen molar-refractivity contribution in [3.8, 4) is 0 Å². The highest BCUT2D eigenvalue weighted by Crippen LogP contribution is 2.19. The van der Waals surface area contributed by atoms with Crippen LogP contribution in [0.2, 0.25) is 0 Å². The Morgan fingerprint density at radius 3 is 2.94 bits per heavy atom. The number of hydrogen-bond acceptors (Lipinski definition) is 3. The Labute approximate surface area is 99.5 Å². The topological polar surface area (TPSA) is 24.5 Å². The van der Waals surface area contributed by atoms with Gasteiger partial charge < -0.3 is 15.0 Å². The van der Waals surface area contributed by atoms with Crippen LogP contribution in [-0.2, 0) is 4.74 Å². The summed E-state index contributed by atoms with van der Waals surface area (Å²) in [5.41, 5.74) is 0. The summed E-state index contributed by atoms with van der Waals surface area (Å²) in [6, 6.07) is 0.618. The molecule has 2 atom stereocenters. The summed E-state index contributed by atoms with van der Waals surface area (Å²) in [5, 5.41) is 3.54. The van der Waals surface area contributed by atoms with Crippen molar-refractivity contribution in [3.05, 3.63) is 0 Å². The summed E-state index contributed by atoms with van der Waals surface area (Å²) < 4.78 is 5.69. The molecule has 94 valence electrons. The van der Waals surface area contributed by atoms with Crippen LogP contribution in [0.15, 0.2) is 0 Å². The standard InChI is InChI=1S/C13H26N2O/c1-11(2)14-8-12-5-6-15(9-12)10-13-4-3-7-16-13/h11-14H,3-10H2,1-2H3. The second-order valence-corrected chi connectivity index (χ2v) is 5.61. The molecule has 0 bridgehead atoms. The summed E-state index contributed by atoms with van der Waals surface area (Å²) in [5.74, 6) is 0.851. The molecule has 2 aliphatic heterocycles. The van der Waals surface area contributed by atoms with Gasteiger partial charge in [-0.15, -0.1) is 0 Å². The molecule has 0 spiro atoms. The molecule has 0 aromatic heterocycles. The molecule has 0 amide bonds. The first kappa shape index (κ1) is 12.3. The second-order valence-electron chi connectivity index (χ2n) is 5.61. The highest BCUT2D eigenvalue weighted by Gasteiger charge is 2.26. The van der Waals surface area contributed by atoms with Crippen molar-refractivity contribution in [1.29, 1.82) is 0 Å². The highest BCUT2D eigenvalue weighted by molar-refractivity contribution is 4.80. The monoisotopic (exact) mass is 226 g/mol. The molecule has 1 N–H and O–H groups in total. The number of likely N-dealkylation sites (tertiary alicyclic amines) is 1. The number of ether oxygens (including phenoxy) is 1. The van der Waals surface area contributed by atoms with Gasteiger partial charge in [0, 0.05) is 25.7 Å². The first-order valence-electron chi connectivity index (χ1n) is 6.81. The fraction of sp³-hybridized carbons (Fsp3) is 1.00. The van der Waals surface area contributed by atoms with E-state index in [2.05, 4.69) is 24.1 Å². The third-order valence-corrected chi connectivity index (χ3v) is 3.67. The van der Waals surface area contributed by atoms with Crippen molar-refractivity contribution in [1.82, 2.24) is 10.2 Å². The number of hydrogen-bond donors (Lipinski definition) is 1. The van der Waals surface area contributed by atoms with E-state index in [0.29, 0.717) is 12.1 Å². The Balaban J connectivity index is 1.63. The molecule has 2 fully saturated rings.